The standard InChI is InChI=1S/C13H20N4O3/c1-9(7-8-16(2)3)15-13(18)10-5-4-6-11(14)12(10)17(19)20/h4-6,9H,7-8,14H2,1-3H3,(H,15,18). The summed E-state index contributed by atoms with van der Waals surface area (Å²) in [5.41, 5.74) is 5.20. The highest BCUT2D eigenvalue weighted by Crippen LogP contribution is 2.25. The molecule has 20 heavy (non-hydrogen) atoms. The van der Waals surface area contributed by atoms with Gasteiger partial charge in [-0.25, -0.2) is 0 Å². The van der Waals surface area contributed by atoms with Crippen molar-refractivity contribution in [2.75, 3.05) is 26.4 Å². The fourth-order valence-electron chi connectivity index (χ4n) is 1.77. The highest BCUT2D eigenvalue weighted by molar-refractivity contribution is 6.00. The van der Waals surface area contributed by atoms with Crippen molar-refractivity contribution in [3.05, 3.63) is 33.9 Å². The molecule has 1 rings (SSSR count). The predicted molar refractivity (Wildman–Crippen MR) is 77.6 cm³/mol. The number of amides is 1. The summed E-state index contributed by atoms with van der Waals surface area (Å²) in [4.78, 5) is 24.5. The SMILES string of the molecule is CC(CCN(C)C)NC(=O)c1cccc(N)c1[N+](=O)[O-]. The number of nitro benzene ring substituents is 1. The minimum Gasteiger partial charge on any atom is -0.393 e. The summed E-state index contributed by atoms with van der Waals surface area (Å²) in [5.74, 6) is -0.477. The monoisotopic (exact) mass is 280 g/mol. The molecule has 7 nitrogen and oxygen atoms in total. The molecule has 1 unspecified atom stereocenters. The summed E-state index contributed by atoms with van der Waals surface area (Å²) in [7, 11) is 3.88. The van der Waals surface area contributed by atoms with Gasteiger partial charge < -0.3 is 16.0 Å². The Balaban J connectivity index is 2.83. The van der Waals surface area contributed by atoms with Crippen molar-refractivity contribution in [3.63, 3.8) is 0 Å². The van der Waals surface area contributed by atoms with Crippen LogP contribution in [-0.2, 0) is 0 Å². The maximum Gasteiger partial charge on any atom is 0.304 e. The van der Waals surface area contributed by atoms with Crippen LogP contribution in [-0.4, -0.2) is 42.4 Å². The maximum absolute atomic E-state index is 12.1. The van der Waals surface area contributed by atoms with Gasteiger partial charge in [-0.1, -0.05) is 6.07 Å². The number of anilines is 1. The number of nitrogens with zero attached hydrogens (tertiary/aromatic N) is 2. The van der Waals surface area contributed by atoms with Gasteiger partial charge in [-0.3, -0.25) is 14.9 Å². The van der Waals surface area contributed by atoms with E-state index in [4.69, 9.17) is 5.73 Å². The fraction of sp³-hybridized carbons (Fsp3) is 0.462. The van der Waals surface area contributed by atoms with Gasteiger partial charge in [0.15, 0.2) is 0 Å². The highest BCUT2D eigenvalue weighted by atomic mass is 16.6. The lowest BCUT2D eigenvalue weighted by Crippen LogP contribution is -2.35. The minimum absolute atomic E-state index is 0.00768. The topological polar surface area (TPSA) is 102 Å². The molecule has 0 aromatic heterocycles. The number of benzene rings is 1. The Morgan fingerprint density at radius 1 is 1.50 bits per heavy atom. The van der Waals surface area contributed by atoms with Crippen LogP contribution < -0.4 is 11.1 Å². The van der Waals surface area contributed by atoms with Crippen molar-refractivity contribution in [3.8, 4) is 0 Å². The van der Waals surface area contributed by atoms with E-state index in [1.165, 1.54) is 18.2 Å². The first-order valence-electron chi connectivity index (χ1n) is 6.31. The summed E-state index contributed by atoms with van der Waals surface area (Å²) in [6.45, 7) is 2.68. The number of rotatable bonds is 6. The van der Waals surface area contributed by atoms with Gasteiger partial charge in [0.2, 0.25) is 0 Å². The molecule has 0 bridgehead atoms. The average molecular weight is 280 g/mol. The molecule has 0 aliphatic rings. The van der Waals surface area contributed by atoms with Gasteiger partial charge in [-0.15, -0.1) is 0 Å². The molecule has 1 aromatic rings. The Labute approximate surface area is 117 Å². The second-order valence-electron chi connectivity index (χ2n) is 4.97. The smallest absolute Gasteiger partial charge is 0.304 e. The molecule has 0 saturated heterocycles. The minimum atomic E-state index is -0.630. The Hall–Kier alpha value is -2.15. The van der Waals surface area contributed by atoms with Crippen LogP contribution in [0.2, 0.25) is 0 Å². The molecule has 3 N–H and O–H groups in total. The molecule has 110 valence electrons. The second kappa shape index (κ2) is 6.85. The van der Waals surface area contributed by atoms with Crippen LogP contribution >= 0.6 is 0 Å². The van der Waals surface area contributed by atoms with E-state index < -0.39 is 10.8 Å². The van der Waals surface area contributed by atoms with E-state index in [1.54, 1.807) is 0 Å². The normalized spacial score (nSPS) is 12.2. The summed E-state index contributed by atoms with van der Waals surface area (Å²) in [5, 5.41) is 13.7. The third-order valence-electron chi connectivity index (χ3n) is 2.88. The predicted octanol–water partition coefficient (Wildman–Crippen LogP) is 1.25. The molecule has 0 fully saturated rings. The fourth-order valence-corrected chi connectivity index (χ4v) is 1.77. The van der Waals surface area contributed by atoms with Crippen LogP contribution in [0.4, 0.5) is 11.4 Å². The zero-order valence-electron chi connectivity index (χ0n) is 11.9. The molecule has 0 aliphatic heterocycles. The van der Waals surface area contributed by atoms with E-state index in [1.807, 2.05) is 25.9 Å². The molecule has 0 radical (unpaired) electrons. The Morgan fingerprint density at radius 3 is 2.70 bits per heavy atom. The second-order valence-corrected chi connectivity index (χ2v) is 4.97. The van der Waals surface area contributed by atoms with Crippen LogP contribution in [0.15, 0.2) is 18.2 Å². The number of hydrogen-bond donors (Lipinski definition) is 2. The summed E-state index contributed by atoms with van der Waals surface area (Å²) in [6, 6.07) is 4.26. The Kier molecular flexibility index (Phi) is 5.45. The molecule has 1 atom stereocenters. The Bertz CT molecular complexity index is 502. The molecular formula is C13H20N4O3. The lowest BCUT2D eigenvalue weighted by atomic mass is 10.1. The summed E-state index contributed by atoms with van der Waals surface area (Å²) >= 11 is 0. The lowest BCUT2D eigenvalue weighted by molar-refractivity contribution is -0.384. The number of nitrogen functional groups attached to an aromatic ring is 1. The third-order valence-corrected chi connectivity index (χ3v) is 2.88. The first-order valence-corrected chi connectivity index (χ1v) is 6.31. The molecule has 0 spiro atoms. The summed E-state index contributed by atoms with van der Waals surface area (Å²) in [6.07, 6.45) is 0.759. The highest BCUT2D eigenvalue weighted by Gasteiger charge is 2.23. The number of carbonyl (C=O) groups is 1. The molecule has 0 heterocycles. The maximum atomic E-state index is 12.1. The van der Waals surface area contributed by atoms with Crippen LogP contribution in [0.3, 0.4) is 0 Å². The van der Waals surface area contributed by atoms with Crippen LogP contribution in [0.1, 0.15) is 23.7 Å². The van der Waals surface area contributed by atoms with Crippen molar-refractivity contribution < 1.29 is 9.72 Å². The Morgan fingerprint density at radius 2 is 2.15 bits per heavy atom. The van der Waals surface area contributed by atoms with Gasteiger partial charge in [0.25, 0.3) is 5.91 Å². The number of para-hydroxylation sites is 1. The van der Waals surface area contributed by atoms with Crippen LogP contribution in [0.5, 0.6) is 0 Å². The van der Waals surface area contributed by atoms with Crippen molar-refractivity contribution in [2.24, 2.45) is 0 Å². The third kappa shape index (κ3) is 4.20. The molecule has 1 aromatic carbocycles. The largest absolute Gasteiger partial charge is 0.393 e. The van der Waals surface area contributed by atoms with Crippen molar-refractivity contribution >= 4 is 17.3 Å². The summed E-state index contributed by atoms with van der Waals surface area (Å²) < 4.78 is 0. The number of carbonyl (C=O) groups excluding carboxylic acids is 1. The average Bonchev–Trinajstić information content (AvgIpc) is 2.35. The van der Waals surface area contributed by atoms with Gasteiger partial charge in [0.05, 0.1) is 4.92 Å². The van der Waals surface area contributed by atoms with E-state index in [2.05, 4.69) is 5.32 Å². The number of nitrogens with two attached hydrogens (primary N) is 1. The number of nitrogens with one attached hydrogen (secondary N) is 1. The molecule has 0 aliphatic carbocycles. The first-order chi connectivity index (χ1) is 9.32. The van der Waals surface area contributed by atoms with E-state index in [0.717, 1.165) is 13.0 Å². The molecular weight excluding hydrogens is 260 g/mol. The molecule has 7 heteroatoms. The van der Waals surface area contributed by atoms with Crippen molar-refractivity contribution in [2.45, 2.75) is 19.4 Å². The number of hydrogen-bond acceptors (Lipinski definition) is 5. The quantitative estimate of drug-likeness (QED) is 0.464. The van der Waals surface area contributed by atoms with Crippen LogP contribution in [0, 0.1) is 10.1 Å². The van der Waals surface area contributed by atoms with Crippen LogP contribution in [0.25, 0.3) is 0 Å². The van der Waals surface area contributed by atoms with E-state index in [-0.39, 0.29) is 23.0 Å². The zero-order valence-corrected chi connectivity index (χ0v) is 11.9. The van der Waals surface area contributed by atoms with Gasteiger partial charge in [-0.2, -0.15) is 0 Å². The van der Waals surface area contributed by atoms with Gasteiger partial charge in [-0.05, 0) is 46.1 Å². The van der Waals surface area contributed by atoms with Gasteiger partial charge in [0, 0.05) is 6.04 Å². The zero-order chi connectivity index (χ0) is 15.3. The first kappa shape index (κ1) is 15.9. The number of nitro groups is 1. The van der Waals surface area contributed by atoms with Crippen molar-refractivity contribution in [1.29, 1.82) is 0 Å². The lowest BCUT2D eigenvalue weighted by Gasteiger charge is -2.16. The molecule has 0 saturated carbocycles. The van der Waals surface area contributed by atoms with Crippen molar-refractivity contribution in [1.82, 2.24) is 10.2 Å². The van der Waals surface area contributed by atoms with Gasteiger partial charge >= 0.3 is 5.69 Å². The van der Waals surface area contributed by atoms with E-state index in [9.17, 15) is 14.9 Å². The van der Waals surface area contributed by atoms with E-state index in [0.29, 0.717) is 0 Å². The molecule has 1 amide bonds. The van der Waals surface area contributed by atoms with E-state index >= 15 is 0 Å². The van der Waals surface area contributed by atoms with Gasteiger partial charge in [0.1, 0.15) is 11.3 Å².